The zero-order chi connectivity index (χ0) is 18.8. The Labute approximate surface area is 156 Å². The fourth-order valence-corrected chi connectivity index (χ4v) is 3.22. The lowest BCUT2D eigenvalue weighted by molar-refractivity contribution is 0.185. The summed E-state index contributed by atoms with van der Waals surface area (Å²) in [6.07, 6.45) is 0.705. The molecule has 2 aromatic carbocycles. The number of aliphatic hydroxyl groups excluding tert-OH is 2. The molecule has 138 valence electrons. The van der Waals surface area contributed by atoms with E-state index in [1.54, 1.807) is 31.5 Å². The van der Waals surface area contributed by atoms with Crippen molar-refractivity contribution >= 4 is 21.9 Å². The molecule has 6 nitrogen and oxygen atoms in total. The van der Waals surface area contributed by atoms with E-state index in [9.17, 15) is 5.11 Å². The van der Waals surface area contributed by atoms with Crippen LogP contribution in [0.3, 0.4) is 0 Å². The Hall–Kier alpha value is -3.09. The molecular formula is C21H20N2O4. The van der Waals surface area contributed by atoms with Crippen molar-refractivity contribution in [3.8, 4) is 11.5 Å². The molecule has 0 bridgehead atoms. The summed E-state index contributed by atoms with van der Waals surface area (Å²) in [7, 11) is 1.57. The third-order valence-corrected chi connectivity index (χ3v) is 4.56. The Balaban J connectivity index is 1.79. The Bertz CT molecular complexity index is 1090. The van der Waals surface area contributed by atoms with Crippen molar-refractivity contribution in [1.29, 1.82) is 0 Å². The van der Waals surface area contributed by atoms with Crippen molar-refractivity contribution in [3.63, 3.8) is 0 Å². The standard InChI is InChI=1S/C21H20N2O4/c1-26-14-6-7-19(27-9-8-24)17(11-14)20(25)13-10-16-15-4-2-3-5-18(15)23-21(16)22-12-13/h2-7,10-12,20,24-25H,8-9H2,1H3,(H,22,23). The number of hydrogen-bond acceptors (Lipinski definition) is 5. The van der Waals surface area contributed by atoms with Crippen LogP contribution in [0.15, 0.2) is 54.7 Å². The molecule has 6 heteroatoms. The summed E-state index contributed by atoms with van der Waals surface area (Å²) in [5.41, 5.74) is 2.98. The van der Waals surface area contributed by atoms with Crippen molar-refractivity contribution < 1.29 is 19.7 Å². The van der Waals surface area contributed by atoms with Crippen molar-refractivity contribution in [2.75, 3.05) is 20.3 Å². The molecule has 4 rings (SSSR count). The summed E-state index contributed by atoms with van der Waals surface area (Å²) in [4.78, 5) is 7.75. The highest BCUT2D eigenvalue weighted by molar-refractivity contribution is 6.05. The molecule has 0 saturated heterocycles. The van der Waals surface area contributed by atoms with Crippen LogP contribution in [0.5, 0.6) is 11.5 Å². The van der Waals surface area contributed by atoms with E-state index in [0.29, 0.717) is 22.6 Å². The van der Waals surface area contributed by atoms with Crippen LogP contribution in [-0.4, -0.2) is 40.5 Å². The lowest BCUT2D eigenvalue weighted by Crippen LogP contribution is -2.08. The summed E-state index contributed by atoms with van der Waals surface area (Å²) < 4.78 is 10.9. The predicted octanol–water partition coefficient (Wildman–Crippen LogP) is 3.18. The number of pyridine rings is 1. The summed E-state index contributed by atoms with van der Waals surface area (Å²) in [6.45, 7) is 0.0379. The monoisotopic (exact) mass is 364 g/mol. The second kappa shape index (κ2) is 7.26. The lowest BCUT2D eigenvalue weighted by atomic mass is 10.0. The Morgan fingerprint density at radius 3 is 2.78 bits per heavy atom. The van der Waals surface area contributed by atoms with E-state index < -0.39 is 6.10 Å². The Morgan fingerprint density at radius 2 is 1.96 bits per heavy atom. The van der Waals surface area contributed by atoms with Gasteiger partial charge in [-0.2, -0.15) is 0 Å². The molecule has 2 heterocycles. The van der Waals surface area contributed by atoms with E-state index in [-0.39, 0.29) is 13.2 Å². The maximum Gasteiger partial charge on any atom is 0.138 e. The average molecular weight is 364 g/mol. The minimum absolute atomic E-state index is 0.107. The maximum atomic E-state index is 11.0. The molecule has 1 atom stereocenters. The van der Waals surface area contributed by atoms with Gasteiger partial charge in [-0.1, -0.05) is 18.2 Å². The number of aliphatic hydroxyl groups is 2. The van der Waals surface area contributed by atoms with Crippen molar-refractivity contribution in [1.82, 2.24) is 9.97 Å². The molecule has 0 fully saturated rings. The average Bonchev–Trinajstić information content (AvgIpc) is 3.09. The molecule has 1 unspecified atom stereocenters. The minimum Gasteiger partial charge on any atom is -0.497 e. The number of fused-ring (bicyclic) bond motifs is 3. The number of aromatic amines is 1. The quantitative estimate of drug-likeness (QED) is 0.489. The molecule has 0 aliphatic heterocycles. The SMILES string of the molecule is COc1ccc(OCCO)c(C(O)c2cnc3[nH]c4ccccc4c3c2)c1. The zero-order valence-electron chi connectivity index (χ0n) is 14.8. The summed E-state index contributed by atoms with van der Waals surface area (Å²) in [5.74, 6) is 1.11. The van der Waals surface area contributed by atoms with Crippen LogP contribution in [0.1, 0.15) is 17.2 Å². The van der Waals surface area contributed by atoms with Crippen molar-refractivity contribution in [3.05, 3.63) is 65.9 Å². The molecule has 0 spiro atoms. The van der Waals surface area contributed by atoms with Gasteiger partial charge in [0.2, 0.25) is 0 Å². The van der Waals surface area contributed by atoms with Crippen LogP contribution >= 0.6 is 0 Å². The maximum absolute atomic E-state index is 11.0. The minimum atomic E-state index is -0.945. The first-order valence-electron chi connectivity index (χ1n) is 8.67. The molecule has 4 aromatic rings. The van der Waals surface area contributed by atoms with E-state index >= 15 is 0 Å². The Kier molecular flexibility index (Phi) is 4.66. The van der Waals surface area contributed by atoms with Gasteiger partial charge in [0.1, 0.15) is 29.9 Å². The highest BCUT2D eigenvalue weighted by Gasteiger charge is 2.19. The number of nitrogens with zero attached hydrogens (tertiary/aromatic N) is 1. The molecule has 2 aromatic heterocycles. The van der Waals surface area contributed by atoms with Gasteiger partial charge in [-0.05, 0) is 30.3 Å². The van der Waals surface area contributed by atoms with Gasteiger partial charge < -0.3 is 24.7 Å². The fraction of sp³-hybridized carbons (Fsp3) is 0.190. The van der Waals surface area contributed by atoms with Crippen LogP contribution in [0.25, 0.3) is 21.9 Å². The number of methoxy groups -OCH3 is 1. The molecule has 0 amide bonds. The molecule has 0 aliphatic rings. The molecule has 0 aliphatic carbocycles. The van der Waals surface area contributed by atoms with Crippen molar-refractivity contribution in [2.24, 2.45) is 0 Å². The molecule has 3 N–H and O–H groups in total. The van der Waals surface area contributed by atoms with Gasteiger partial charge in [0, 0.05) is 33.6 Å². The smallest absolute Gasteiger partial charge is 0.138 e. The van der Waals surface area contributed by atoms with Gasteiger partial charge in [-0.15, -0.1) is 0 Å². The zero-order valence-corrected chi connectivity index (χ0v) is 14.8. The van der Waals surface area contributed by atoms with Crippen molar-refractivity contribution in [2.45, 2.75) is 6.10 Å². The van der Waals surface area contributed by atoms with Crippen LogP contribution in [0, 0.1) is 0 Å². The number of ether oxygens (including phenoxy) is 2. The number of hydrogen-bond donors (Lipinski definition) is 3. The number of para-hydroxylation sites is 1. The highest BCUT2D eigenvalue weighted by Crippen LogP contribution is 2.35. The third kappa shape index (κ3) is 3.20. The number of benzene rings is 2. The second-order valence-electron chi connectivity index (χ2n) is 6.21. The van der Waals surface area contributed by atoms with E-state index in [4.69, 9.17) is 14.6 Å². The third-order valence-electron chi connectivity index (χ3n) is 4.56. The van der Waals surface area contributed by atoms with E-state index in [1.807, 2.05) is 30.3 Å². The summed E-state index contributed by atoms with van der Waals surface area (Å²) in [6, 6.07) is 15.1. The number of nitrogens with one attached hydrogen (secondary N) is 1. The van der Waals surface area contributed by atoms with E-state index in [2.05, 4.69) is 9.97 Å². The molecule has 0 radical (unpaired) electrons. The predicted molar refractivity (Wildman–Crippen MR) is 103 cm³/mol. The molecule has 0 saturated carbocycles. The first-order valence-corrected chi connectivity index (χ1v) is 8.67. The fourth-order valence-electron chi connectivity index (χ4n) is 3.22. The Morgan fingerprint density at radius 1 is 1.11 bits per heavy atom. The van der Waals surface area contributed by atoms with E-state index in [1.165, 1.54) is 0 Å². The first kappa shape index (κ1) is 17.3. The number of aromatic nitrogens is 2. The van der Waals surface area contributed by atoms with Crippen LogP contribution in [0.2, 0.25) is 0 Å². The first-order chi connectivity index (χ1) is 13.2. The van der Waals surface area contributed by atoms with Gasteiger partial charge in [0.25, 0.3) is 0 Å². The van der Waals surface area contributed by atoms with Crippen LogP contribution in [-0.2, 0) is 0 Å². The number of H-pyrrole nitrogens is 1. The van der Waals surface area contributed by atoms with Gasteiger partial charge in [0.05, 0.1) is 13.7 Å². The van der Waals surface area contributed by atoms with E-state index in [0.717, 1.165) is 21.9 Å². The van der Waals surface area contributed by atoms with Gasteiger partial charge >= 0.3 is 0 Å². The van der Waals surface area contributed by atoms with Gasteiger partial charge in [0.15, 0.2) is 0 Å². The lowest BCUT2D eigenvalue weighted by Gasteiger charge is -2.17. The topological polar surface area (TPSA) is 87.6 Å². The summed E-state index contributed by atoms with van der Waals surface area (Å²) >= 11 is 0. The highest BCUT2D eigenvalue weighted by atomic mass is 16.5. The van der Waals surface area contributed by atoms with Crippen LogP contribution in [0.4, 0.5) is 0 Å². The normalized spacial score (nSPS) is 12.4. The largest absolute Gasteiger partial charge is 0.497 e. The summed E-state index contributed by atoms with van der Waals surface area (Å²) in [5, 5.41) is 22.1. The molecule has 27 heavy (non-hydrogen) atoms. The second-order valence-corrected chi connectivity index (χ2v) is 6.21. The van der Waals surface area contributed by atoms with Gasteiger partial charge in [-0.3, -0.25) is 0 Å². The van der Waals surface area contributed by atoms with Gasteiger partial charge in [-0.25, -0.2) is 4.98 Å². The van der Waals surface area contributed by atoms with Crippen LogP contribution < -0.4 is 9.47 Å². The number of rotatable bonds is 6. The molecular weight excluding hydrogens is 344 g/mol.